The largest absolute Gasteiger partial charge is 0.490 e. The van der Waals surface area contributed by atoms with Crippen LogP contribution in [0.5, 0.6) is 11.5 Å². The number of unbranched alkanes of at least 4 members (excludes halogenated alkanes) is 1. The van der Waals surface area contributed by atoms with Crippen LogP contribution in [0.2, 0.25) is 5.02 Å². The van der Waals surface area contributed by atoms with E-state index in [9.17, 15) is 14.4 Å². The van der Waals surface area contributed by atoms with Crippen molar-refractivity contribution in [2.75, 3.05) is 26.3 Å². The van der Waals surface area contributed by atoms with Crippen molar-refractivity contribution in [3.8, 4) is 11.5 Å². The zero-order chi connectivity index (χ0) is 20.5. The minimum atomic E-state index is -0.304. The summed E-state index contributed by atoms with van der Waals surface area (Å²) in [5.74, 6) is 0.275. The second-order valence-corrected chi connectivity index (χ2v) is 6.88. The molecule has 154 valence electrons. The van der Waals surface area contributed by atoms with Gasteiger partial charge in [0.2, 0.25) is 11.8 Å². The van der Waals surface area contributed by atoms with Gasteiger partial charge < -0.3 is 14.8 Å². The molecule has 0 aromatic heterocycles. The molecule has 1 aromatic carbocycles. The van der Waals surface area contributed by atoms with Gasteiger partial charge in [0.15, 0.2) is 11.5 Å². The Morgan fingerprint density at radius 1 is 1.14 bits per heavy atom. The predicted molar refractivity (Wildman–Crippen MR) is 106 cm³/mol. The summed E-state index contributed by atoms with van der Waals surface area (Å²) in [4.78, 5) is 36.8. The van der Waals surface area contributed by atoms with Crippen molar-refractivity contribution in [1.29, 1.82) is 0 Å². The van der Waals surface area contributed by atoms with Gasteiger partial charge in [-0.3, -0.25) is 19.3 Å². The first-order valence-electron chi connectivity index (χ1n) is 9.68. The molecule has 28 heavy (non-hydrogen) atoms. The van der Waals surface area contributed by atoms with E-state index in [1.165, 1.54) is 4.90 Å². The van der Waals surface area contributed by atoms with Crippen molar-refractivity contribution in [2.24, 2.45) is 0 Å². The van der Waals surface area contributed by atoms with Crippen LogP contribution in [0.25, 0.3) is 0 Å². The van der Waals surface area contributed by atoms with E-state index in [0.29, 0.717) is 54.8 Å². The second-order valence-electron chi connectivity index (χ2n) is 6.47. The Labute approximate surface area is 170 Å². The van der Waals surface area contributed by atoms with Crippen LogP contribution in [-0.2, 0) is 9.59 Å². The first-order valence-corrected chi connectivity index (χ1v) is 10.1. The van der Waals surface area contributed by atoms with Gasteiger partial charge in [0.25, 0.3) is 5.91 Å². The average Bonchev–Trinajstić information content (AvgIpc) is 2.99. The summed E-state index contributed by atoms with van der Waals surface area (Å²) in [7, 11) is 0. The maximum Gasteiger partial charge on any atom is 0.251 e. The Hall–Kier alpha value is -2.28. The van der Waals surface area contributed by atoms with Gasteiger partial charge in [-0.2, -0.15) is 0 Å². The summed E-state index contributed by atoms with van der Waals surface area (Å²) in [6, 6.07) is 3.16. The van der Waals surface area contributed by atoms with Gasteiger partial charge in [0.1, 0.15) is 0 Å². The lowest BCUT2D eigenvalue weighted by atomic mass is 10.2. The van der Waals surface area contributed by atoms with Crippen LogP contribution in [0.4, 0.5) is 0 Å². The van der Waals surface area contributed by atoms with Crippen LogP contribution >= 0.6 is 11.6 Å². The fourth-order valence-electron chi connectivity index (χ4n) is 2.83. The molecule has 1 fully saturated rings. The summed E-state index contributed by atoms with van der Waals surface area (Å²) in [6.45, 7) is 5.51. The van der Waals surface area contributed by atoms with E-state index in [-0.39, 0.29) is 30.6 Å². The van der Waals surface area contributed by atoms with E-state index < -0.39 is 0 Å². The van der Waals surface area contributed by atoms with Gasteiger partial charge in [-0.1, -0.05) is 24.9 Å². The number of ether oxygens (including phenoxy) is 2. The number of hydrogen-bond acceptors (Lipinski definition) is 5. The molecule has 8 heteroatoms. The molecule has 7 nitrogen and oxygen atoms in total. The molecule has 0 radical (unpaired) electrons. The molecule has 1 N–H and O–H groups in total. The molecule has 1 aliphatic rings. The minimum Gasteiger partial charge on any atom is -0.490 e. The van der Waals surface area contributed by atoms with Crippen LogP contribution in [0.15, 0.2) is 12.1 Å². The third-order valence-corrected chi connectivity index (χ3v) is 4.60. The molecule has 0 aliphatic carbocycles. The number of rotatable bonds is 11. The van der Waals surface area contributed by atoms with E-state index >= 15 is 0 Å². The average molecular weight is 411 g/mol. The number of benzene rings is 1. The Morgan fingerprint density at radius 2 is 1.86 bits per heavy atom. The first kappa shape index (κ1) is 22.0. The molecule has 2 rings (SSSR count). The number of carbonyl (C=O) groups excluding carboxylic acids is 3. The van der Waals surface area contributed by atoms with Crippen molar-refractivity contribution >= 4 is 29.3 Å². The lowest BCUT2D eigenvalue weighted by Gasteiger charge is -2.16. The van der Waals surface area contributed by atoms with E-state index in [1.54, 1.807) is 12.1 Å². The molecule has 0 bridgehead atoms. The summed E-state index contributed by atoms with van der Waals surface area (Å²) >= 11 is 6.31. The van der Waals surface area contributed by atoms with Gasteiger partial charge in [0, 0.05) is 31.5 Å². The van der Waals surface area contributed by atoms with E-state index in [4.69, 9.17) is 21.1 Å². The van der Waals surface area contributed by atoms with Crippen molar-refractivity contribution < 1.29 is 23.9 Å². The highest BCUT2D eigenvalue weighted by Gasteiger charge is 2.28. The van der Waals surface area contributed by atoms with E-state index in [1.807, 2.05) is 6.92 Å². The third-order valence-electron chi connectivity index (χ3n) is 4.31. The number of likely N-dealkylation sites (tertiary alicyclic amines) is 1. The molecule has 1 aromatic rings. The number of nitrogens with one attached hydrogen (secondary N) is 1. The van der Waals surface area contributed by atoms with Crippen molar-refractivity contribution in [1.82, 2.24) is 10.2 Å². The first-order chi connectivity index (χ1) is 13.5. The molecular weight excluding hydrogens is 384 g/mol. The number of imide groups is 1. The number of amides is 3. The zero-order valence-corrected chi connectivity index (χ0v) is 17.1. The Morgan fingerprint density at radius 3 is 2.50 bits per heavy atom. The monoisotopic (exact) mass is 410 g/mol. The molecule has 0 saturated carbocycles. The molecule has 0 atom stereocenters. The highest BCUT2D eigenvalue weighted by atomic mass is 35.5. The predicted octanol–water partition coefficient (Wildman–Crippen LogP) is 3.19. The van der Waals surface area contributed by atoms with Crippen LogP contribution in [0.3, 0.4) is 0 Å². The standard InChI is InChI=1S/C20H27ClN2O5/c1-3-5-11-28-19-15(21)12-14(13-16(19)27-4-2)20(26)22-9-6-10-23-17(24)7-8-18(23)25/h12-13H,3-11H2,1-2H3,(H,22,26). The minimum absolute atomic E-state index is 0.150. The van der Waals surface area contributed by atoms with E-state index in [0.717, 1.165) is 12.8 Å². The highest BCUT2D eigenvalue weighted by Crippen LogP contribution is 2.36. The van der Waals surface area contributed by atoms with Crippen LogP contribution in [0.1, 0.15) is 56.3 Å². The molecule has 1 heterocycles. The smallest absolute Gasteiger partial charge is 0.251 e. The topological polar surface area (TPSA) is 84.9 Å². The third kappa shape index (κ3) is 5.86. The number of hydrogen-bond donors (Lipinski definition) is 1. The lowest BCUT2D eigenvalue weighted by Crippen LogP contribution is -2.33. The van der Waals surface area contributed by atoms with Gasteiger partial charge in [-0.05, 0) is 31.9 Å². The highest BCUT2D eigenvalue weighted by molar-refractivity contribution is 6.32. The second kappa shape index (κ2) is 10.9. The van der Waals surface area contributed by atoms with Crippen LogP contribution < -0.4 is 14.8 Å². The van der Waals surface area contributed by atoms with Gasteiger partial charge in [-0.25, -0.2) is 0 Å². The van der Waals surface area contributed by atoms with Gasteiger partial charge >= 0.3 is 0 Å². The molecule has 1 aliphatic heterocycles. The molecule has 1 saturated heterocycles. The summed E-state index contributed by atoms with van der Waals surface area (Å²) in [5, 5.41) is 3.10. The SMILES string of the molecule is CCCCOc1c(Cl)cc(C(=O)NCCCN2C(=O)CCC2=O)cc1OCC. The van der Waals surface area contributed by atoms with Gasteiger partial charge in [-0.15, -0.1) is 0 Å². The van der Waals surface area contributed by atoms with Crippen molar-refractivity contribution in [3.63, 3.8) is 0 Å². The Kier molecular flexibility index (Phi) is 8.57. The maximum atomic E-state index is 12.4. The van der Waals surface area contributed by atoms with Crippen LogP contribution in [-0.4, -0.2) is 48.9 Å². The number of nitrogens with zero attached hydrogens (tertiary/aromatic N) is 1. The van der Waals surface area contributed by atoms with Gasteiger partial charge in [0.05, 0.1) is 18.2 Å². The summed E-state index contributed by atoms with van der Waals surface area (Å²) in [6.07, 6.45) is 2.93. The fourth-order valence-corrected chi connectivity index (χ4v) is 3.10. The lowest BCUT2D eigenvalue weighted by molar-refractivity contribution is -0.138. The Balaban J connectivity index is 1.94. The molecule has 0 unspecified atom stereocenters. The number of carbonyl (C=O) groups is 3. The summed E-state index contributed by atoms with van der Waals surface area (Å²) in [5.41, 5.74) is 0.365. The van der Waals surface area contributed by atoms with Crippen molar-refractivity contribution in [3.05, 3.63) is 22.7 Å². The molecule has 3 amide bonds. The normalized spacial score (nSPS) is 13.8. The van der Waals surface area contributed by atoms with Crippen molar-refractivity contribution in [2.45, 2.75) is 46.0 Å². The number of halogens is 1. The fraction of sp³-hybridized carbons (Fsp3) is 0.550. The molecule has 0 spiro atoms. The quantitative estimate of drug-likeness (QED) is 0.447. The zero-order valence-electron chi connectivity index (χ0n) is 16.4. The van der Waals surface area contributed by atoms with E-state index in [2.05, 4.69) is 12.2 Å². The molecular formula is C20H27ClN2O5. The van der Waals surface area contributed by atoms with Crippen LogP contribution in [0, 0.1) is 0 Å². The Bertz CT molecular complexity index is 707. The summed E-state index contributed by atoms with van der Waals surface area (Å²) < 4.78 is 11.3. The maximum absolute atomic E-state index is 12.4.